The van der Waals surface area contributed by atoms with E-state index in [1.807, 2.05) is 15.6 Å². The minimum Gasteiger partial charge on any atom is -0.252 e. The fourth-order valence-corrected chi connectivity index (χ4v) is 2.86. The molecule has 96 valence electrons. The Hall–Kier alpha value is -1.79. The molecule has 2 heterocycles. The van der Waals surface area contributed by atoms with Gasteiger partial charge in [0.2, 0.25) is 0 Å². The fraction of sp³-hybridized carbons (Fsp3) is 0.727. The molecular weight excluding hydrogens is 230 g/mol. The second-order valence-corrected chi connectivity index (χ2v) is 4.96. The molecule has 1 aliphatic rings. The van der Waals surface area contributed by atoms with Crippen LogP contribution < -0.4 is 0 Å². The Bertz CT molecular complexity index is 407. The molecule has 0 N–H and O–H groups in total. The molecule has 0 saturated heterocycles. The maximum absolute atomic E-state index is 4.06. The summed E-state index contributed by atoms with van der Waals surface area (Å²) in [7, 11) is 0. The van der Waals surface area contributed by atoms with E-state index in [0.717, 1.165) is 19.0 Å². The summed E-state index contributed by atoms with van der Waals surface area (Å²) >= 11 is 0. The molecule has 0 aromatic carbocycles. The first-order valence-electron chi connectivity index (χ1n) is 6.46. The van der Waals surface area contributed by atoms with Crippen molar-refractivity contribution in [1.82, 2.24) is 35.2 Å². The standard InChI is InChI=1S/C11H17N7/c1-2-4-10(3-1)11(7-17-6-5-12-15-17)8-18-9-13-14-16-18/h5-6,9-11H,1-4,7-8H2. The van der Waals surface area contributed by atoms with E-state index in [4.69, 9.17) is 0 Å². The first-order valence-corrected chi connectivity index (χ1v) is 6.46. The summed E-state index contributed by atoms with van der Waals surface area (Å²) < 4.78 is 3.73. The Morgan fingerprint density at radius 1 is 1.06 bits per heavy atom. The van der Waals surface area contributed by atoms with E-state index in [1.54, 1.807) is 12.5 Å². The minimum atomic E-state index is 0.526. The Labute approximate surface area is 105 Å². The van der Waals surface area contributed by atoms with Crippen LogP contribution in [0.4, 0.5) is 0 Å². The second kappa shape index (κ2) is 5.24. The molecule has 0 aliphatic heterocycles. The zero-order valence-electron chi connectivity index (χ0n) is 10.3. The van der Waals surface area contributed by atoms with Gasteiger partial charge in [0.1, 0.15) is 6.33 Å². The van der Waals surface area contributed by atoms with Crippen LogP contribution in [0.5, 0.6) is 0 Å². The molecule has 0 radical (unpaired) electrons. The van der Waals surface area contributed by atoms with Crippen LogP contribution in [0, 0.1) is 11.8 Å². The van der Waals surface area contributed by atoms with Crippen LogP contribution in [-0.4, -0.2) is 35.2 Å². The quantitative estimate of drug-likeness (QED) is 0.780. The van der Waals surface area contributed by atoms with Gasteiger partial charge in [-0.3, -0.25) is 4.68 Å². The van der Waals surface area contributed by atoms with Crippen molar-refractivity contribution in [3.63, 3.8) is 0 Å². The maximum atomic E-state index is 4.06. The van der Waals surface area contributed by atoms with Crippen molar-refractivity contribution >= 4 is 0 Å². The molecule has 1 atom stereocenters. The van der Waals surface area contributed by atoms with Gasteiger partial charge in [-0.05, 0) is 16.3 Å². The minimum absolute atomic E-state index is 0.526. The van der Waals surface area contributed by atoms with Crippen molar-refractivity contribution < 1.29 is 0 Å². The van der Waals surface area contributed by atoms with Crippen LogP contribution >= 0.6 is 0 Å². The van der Waals surface area contributed by atoms with Gasteiger partial charge in [0.15, 0.2) is 0 Å². The van der Waals surface area contributed by atoms with Crippen LogP contribution in [0.15, 0.2) is 18.7 Å². The topological polar surface area (TPSA) is 74.3 Å². The lowest BCUT2D eigenvalue weighted by Crippen LogP contribution is -2.24. The monoisotopic (exact) mass is 247 g/mol. The Morgan fingerprint density at radius 2 is 1.89 bits per heavy atom. The predicted molar refractivity (Wildman–Crippen MR) is 63.3 cm³/mol. The highest BCUT2D eigenvalue weighted by atomic mass is 15.5. The van der Waals surface area contributed by atoms with E-state index in [1.165, 1.54) is 25.7 Å². The highest BCUT2D eigenvalue weighted by Crippen LogP contribution is 2.32. The first-order chi connectivity index (χ1) is 8.92. The lowest BCUT2D eigenvalue weighted by atomic mass is 9.90. The number of hydrogen-bond donors (Lipinski definition) is 0. The van der Waals surface area contributed by atoms with Crippen LogP contribution in [0.25, 0.3) is 0 Å². The average molecular weight is 247 g/mol. The van der Waals surface area contributed by atoms with E-state index < -0.39 is 0 Å². The van der Waals surface area contributed by atoms with Crippen molar-refractivity contribution in [2.45, 2.75) is 38.8 Å². The first kappa shape index (κ1) is 11.3. The Kier molecular flexibility index (Phi) is 3.29. The van der Waals surface area contributed by atoms with Crippen LogP contribution in [0.1, 0.15) is 25.7 Å². The van der Waals surface area contributed by atoms with Gasteiger partial charge >= 0.3 is 0 Å². The maximum Gasteiger partial charge on any atom is 0.138 e. The molecule has 7 heteroatoms. The summed E-state index contributed by atoms with van der Waals surface area (Å²) in [6.45, 7) is 1.75. The molecule has 0 bridgehead atoms. The SMILES string of the molecule is c1cn(CC(Cn2cnnn2)C2CCCC2)nn1. The number of rotatable bonds is 5. The van der Waals surface area contributed by atoms with Gasteiger partial charge in [0.25, 0.3) is 0 Å². The van der Waals surface area contributed by atoms with Crippen molar-refractivity contribution in [3.8, 4) is 0 Å². The number of aromatic nitrogens is 7. The number of nitrogens with zero attached hydrogens (tertiary/aromatic N) is 7. The third kappa shape index (κ3) is 2.55. The van der Waals surface area contributed by atoms with Gasteiger partial charge in [-0.15, -0.1) is 10.2 Å². The molecule has 2 aromatic heterocycles. The van der Waals surface area contributed by atoms with E-state index in [2.05, 4.69) is 25.8 Å². The normalized spacial score (nSPS) is 18.2. The van der Waals surface area contributed by atoms with Crippen LogP contribution in [0.2, 0.25) is 0 Å². The molecule has 3 rings (SSSR count). The molecule has 7 nitrogen and oxygen atoms in total. The lowest BCUT2D eigenvalue weighted by Gasteiger charge is -2.22. The summed E-state index contributed by atoms with van der Waals surface area (Å²) in [5.74, 6) is 1.27. The van der Waals surface area contributed by atoms with Gasteiger partial charge < -0.3 is 0 Å². The molecule has 1 unspecified atom stereocenters. The van der Waals surface area contributed by atoms with Gasteiger partial charge in [0.05, 0.1) is 6.20 Å². The van der Waals surface area contributed by atoms with Crippen molar-refractivity contribution in [2.75, 3.05) is 0 Å². The van der Waals surface area contributed by atoms with E-state index >= 15 is 0 Å². The zero-order chi connectivity index (χ0) is 12.2. The smallest absolute Gasteiger partial charge is 0.138 e. The summed E-state index contributed by atoms with van der Waals surface area (Å²) in [5, 5.41) is 19.3. The summed E-state index contributed by atoms with van der Waals surface area (Å²) in [6.07, 6.45) is 10.6. The number of tetrazole rings is 1. The lowest BCUT2D eigenvalue weighted by molar-refractivity contribution is 0.243. The largest absolute Gasteiger partial charge is 0.252 e. The second-order valence-electron chi connectivity index (χ2n) is 4.96. The van der Waals surface area contributed by atoms with Gasteiger partial charge in [-0.2, -0.15) is 0 Å². The van der Waals surface area contributed by atoms with Gasteiger partial charge in [-0.1, -0.05) is 30.9 Å². The molecule has 0 spiro atoms. The Morgan fingerprint density at radius 3 is 2.56 bits per heavy atom. The van der Waals surface area contributed by atoms with Crippen LogP contribution in [0.3, 0.4) is 0 Å². The summed E-state index contributed by atoms with van der Waals surface area (Å²) in [6, 6.07) is 0. The highest BCUT2D eigenvalue weighted by Gasteiger charge is 2.26. The average Bonchev–Trinajstić information content (AvgIpc) is 3.13. The summed E-state index contributed by atoms with van der Waals surface area (Å²) in [4.78, 5) is 0. The molecule has 0 amide bonds. The van der Waals surface area contributed by atoms with E-state index in [0.29, 0.717) is 5.92 Å². The predicted octanol–water partition coefficient (Wildman–Crippen LogP) is 0.771. The zero-order valence-corrected chi connectivity index (χ0v) is 10.3. The van der Waals surface area contributed by atoms with Gasteiger partial charge in [-0.25, -0.2) is 4.68 Å². The van der Waals surface area contributed by atoms with Crippen molar-refractivity contribution in [3.05, 3.63) is 18.7 Å². The molecule has 18 heavy (non-hydrogen) atoms. The van der Waals surface area contributed by atoms with Crippen LogP contribution in [-0.2, 0) is 13.1 Å². The fourth-order valence-electron chi connectivity index (χ4n) is 2.86. The molecule has 1 fully saturated rings. The summed E-state index contributed by atoms with van der Waals surface area (Å²) in [5.41, 5.74) is 0. The molecular formula is C11H17N7. The van der Waals surface area contributed by atoms with Gasteiger partial charge in [0, 0.05) is 25.2 Å². The molecule has 1 aliphatic carbocycles. The third-order valence-corrected chi connectivity index (χ3v) is 3.77. The molecule has 1 saturated carbocycles. The van der Waals surface area contributed by atoms with E-state index in [-0.39, 0.29) is 0 Å². The highest BCUT2D eigenvalue weighted by molar-refractivity contribution is 4.77. The van der Waals surface area contributed by atoms with Crippen molar-refractivity contribution in [1.29, 1.82) is 0 Å². The molecule has 2 aromatic rings. The van der Waals surface area contributed by atoms with Crippen molar-refractivity contribution in [2.24, 2.45) is 11.8 Å². The number of hydrogen-bond acceptors (Lipinski definition) is 5. The third-order valence-electron chi connectivity index (χ3n) is 3.77. The van der Waals surface area contributed by atoms with E-state index in [9.17, 15) is 0 Å². The Balaban J connectivity index is 1.70.